The number of ketones is 1. The van der Waals surface area contributed by atoms with Crippen molar-refractivity contribution in [2.45, 2.75) is 18.9 Å². The van der Waals surface area contributed by atoms with E-state index in [1.807, 2.05) is 5.38 Å². The average Bonchev–Trinajstić information content (AvgIpc) is 2.52. The Kier molecular flexibility index (Phi) is 2.28. The first-order valence-corrected chi connectivity index (χ1v) is 5.09. The molecule has 4 nitrogen and oxygen atoms in total. The Hall–Kier alpha value is -0.940. The lowest BCUT2D eigenvalue weighted by atomic mass is 10.0. The predicted molar refractivity (Wildman–Crippen MR) is 51.5 cm³/mol. The fourth-order valence-electron chi connectivity index (χ4n) is 1.46. The van der Waals surface area contributed by atoms with Gasteiger partial charge >= 0.3 is 0 Å². The fourth-order valence-corrected chi connectivity index (χ4v) is 2.07. The number of Topliss-reactive ketones (excluding diaryl/α,β-unsaturated/α-hetero) is 1. The topological polar surface area (TPSA) is 68.0 Å². The minimum atomic E-state index is 0.0785. The second-order valence-corrected chi connectivity index (χ2v) is 4.00. The molecule has 1 aromatic rings. The minimum absolute atomic E-state index is 0.0785. The summed E-state index contributed by atoms with van der Waals surface area (Å²) in [6.07, 6.45) is 1.18. The number of anilines is 1. The summed E-state index contributed by atoms with van der Waals surface area (Å²) in [6.45, 7) is 0.751. The number of aromatic nitrogens is 1. The molecule has 70 valence electrons. The first-order valence-electron chi connectivity index (χ1n) is 4.21. The monoisotopic (exact) mass is 197 g/mol. The van der Waals surface area contributed by atoms with Gasteiger partial charge in [0, 0.05) is 24.8 Å². The van der Waals surface area contributed by atoms with E-state index in [-0.39, 0.29) is 6.04 Å². The Bertz CT molecular complexity index is 323. The van der Waals surface area contributed by atoms with Crippen molar-refractivity contribution in [2.75, 3.05) is 12.3 Å². The molecule has 2 rings (SSSR count). The van der Waals surface area contributed by atoms with Gasteiger partial charge in [-0.2, -0.15) is 0 Å². The van der Waals surface area contributed by atoms with Crippen LogP contribution in [-0.4, -0.2) is 17.3 Å². The third-order valence-electron chi connectivity index (χ3n) is 2.12. The zero-order valence-corrected chi connectivity index (χ0v) is 7.93. The summed E-state index contributed by atoms with van der Waals surface area (Å²) in [7, 11) is 0. The number of carbonyl (C=O) groups excluding carboxylic acids is 1. The van der Waals surface area contributed by atoms with Crippen LogP contribution in [0.1, 0.15) is 24.6 Å². The number of nitrogen functional groups attached to an aromatic ring is 1. The van der Waals surface area contributed by atoms with Crippen LogP contribution in [0.5, 0.6) is 0 Å². The highest BCUT2D eigenvalue weighted by Crippen LogP contribution is 2.23. The molecular weight excluding hydrogens is 186 g/mol. The quantitative estimate of drug-likeness (QED) is 0.696. The van der Waals surface area contributed by atoms with Crippen molar-refractivity contribution in [2.24, 2.45) is 0 Å². The largest absolute Gasteiger partial charge is 0.375 e. The van der Waals surface area contributed by atoms with Crippen LogP contribution in [0, 0.1) is 0 Å². The molecule has 1 aliphatic heterocycles. The van der Waals surface area contributed by atoms with Gasteiger partial charge in [-0.25, -0.2) is 4.98 Å². The molecule has 1 aliphatic rings. The van der Waals surface area contributed by atoms with Crippen LogP contribution in [0.25, 0.3) is 0 Å². The van der Waals surface area contributed by atoms with Crippen molar-refractivity contribution < 1.29 is 4.79 Å². The maximum atomic E-state index is 11.2. The van der Waals surface area contributed by atoms with E-state index in [2.05, 4.69) is 10.3 Å². The first kappa shape index (κ1) is 8.65. The summed E-state index contributed by atoms with van der Waals surface area (Å²) in [5.41, 5.74) is 6.41. The maximum Gasteiger partial charge on any atom is 0.180 e. The molecular formula is C8H11N3OS. The Morgan fingerprint density at radius 3 is 3.15 bits per heavy atom. The number of nitrogens with one attached hydrogen (secondary N) is 1. The Morgan fingerprint density at radius 2 is 2.54 bits per heavy atom. The van der Waals surface area contributed by atoms with Crippen molar-refractivity contribution in [1.29, 1.82) is 0 Å². The van der Waals surface area contributed by atoms with Crippen LogP contribution in [-0.2, 0) is 4.79 Å². The number of nitrogens with zero attached hydrogens (tertiary/aromatic N) is 1. The Balaban J connectivity index is 2.12. The lowest BCUT2D eigenvalue weighted by Crippen LogP contribution is -2.32. The summed E-state index contributed by atoms with van der Waals surface area (Å²) >= 11 is 1.41. The molecule has 5 heteroatoms. The number of carbonyl (C=O) groups is 1. The van der Waals surface area contributed by atoms with Crippen molar-refractivity contribution in [3.63, 3.8) is 0 Å². The molecule has 0 spiro atoms. The van der Waals surface area contributed by atoms with Crippen LogP contribution in [0.2, 0.25) is 0 Å². The number of hydrogen-bond acceptors (Lipinski definition) is 5. The Labute approximate surface area is 80.2 Å². The zero-order chi connectivity index (χ0) is 9.26. The molecule has 1 atom stereocenters. The molecule has 13 heavy (non-hydrogen) atoms. The summed E-state index contributed by atoms with van der Waals surface area (Å²) in [4.78, 5) is 15.3. The second-order valence-electron chi connectivity index (χ2n) is 3.11. The van der Waals surface area contributed by atoms with Crippen LogP contribution < -0.4 is 11.1 Å². The molecule has 1 aromatic heterocycles. The van der Waals surface area contributed by atoms with Gasteiger partial charge in [-0.05, 0) is 0 Å². The third-order valence-corrected chi connectivity index (χ3v) is 2.82. The zero-order valence-electron chi connectivity index (χ0n) is 7.12. The molecule has 0 aromatic carbocycles. The minimum Gasteiger partial charge on any atom is -0.375 e. The first-order chi connectivity index (χ1) is 6.25. The average molecular weight is 197 g/mol. The van der Waals surface area contributed by atoms with E-state index in [9.17, 15) is 4.79 Å². The standard InChI is InChI=1S/C8H11N3OS/c9-8-11-7(4-13-8)6-3-5(12)1-2-10-6/h4,6,10H,1-3H2,(H2,9,11). The maximum absolute atomic E-state index is 11.2. The summed E-state index contributed by atoms with van der Waals surface area (Å²) in [6, 6.07) is 0.0785. The van der Waals surface area contributed by atoms with E-state index in [0.717, 1.165) is 12.2 Å². The van der Waals surface area contributed by atoms with Crippen molar-refractivity contribution in [3.8, 4) is 0 Å². The van der Waals surface area contributed by atoms with E-state index in [4.69, 9.17) is 5.73 Å². The second kappa shape index (κ2) is 3.43. The molecule has 2 heterocycles. The van der Waals surface area contributed by atoms with Gasteiger partial charge in [-0.1, -0.05) is 0 Å². The lowest BCUT2D eigenvalue weighted by Gasteiger charge is -2.20. The van der Waals surface area contributed by atoms with Crippen LogP contribution in [0.4, 0.5) is 5.13 Å². The number of hydrogen-bond donors (Lipinski definition) is 2. The van der Waals surface area contributed by atoms with E-state index in [0.29, 0.717) is 23.8 Å². The van der Waals surface area contributed by atoms with Crippen molar-refractivity contribution in [1.82, 2.24) is 10.3 Å². The van der Waals surface area contributed by atoms with Crippen LogP contribution in [0.15, 0.2) is 5.38 Å². The molecule has 3 N–H and O–H groups in total. The lowest BCUT2D eigenvalue weighted by molar-refractivity contribution is -0.120. The summed E-state index contributed by atoms with van der Waals surface area (Å²) in [5.74, 6) is 0.301. The SMILES string of the molecule is Nc1nc(C2CC(=O)CCN2)cs1. The molecule has 0 radical (unpaired) electrons. The van der Waals surface area contributed by atoms with Gasteiger partial charge in [0.2, 0.25) is 0 Å². The third kappa shape index (κ3) is 1.87. The number of thiazole rings is 1. The van der Waals surface area contributed by atoms with Gasteiger partial charge in [0.05, 0.1) is 11.7 Å². The van der Waals surface area contributed by atoms with Crippen LogP contribution in [0.3, 0.4) is 0 Å². The van der Waals surface area contributed by atoms with E-state index < -0.39 is 0 Å². The molecule has 0 saturated carbocycles. The summed E-state index contributed by atoms with van der Waals surface area (Å²) < 4.78 is 0. The van der Waals surface area contributed by atoms with Crippen molar-refractivity contribution >= 4 is 22.3 Å². The fraction of sp³-hybridized carbons (Fsp3) is 0.500. The Morgan fingerprint density at radius 1 is 1.69 bits per heavy atom. The van der Waals surface area contributed by atoms with E-state index in [1.54, 1.807) is 0 Å². The van der Waals surface area contributed by atoms with Gasteiger partial charge in [-0.15, -0.1) is 11.3 Å². The highest BCUT2D eigenvalue weighted by molar-refractivity contribution is 7.13. The smallest absolute Gasteiger partial charge is 0.180 e. The molecule has 0 aliphatic carbocycles. The molecule has 1 saturated heterocycles. The van der Waals surface area contributed by atoms with Gasteiger partial charge in [-0.3, -0.25) is 4.79 Å². The van der Waals surface area contributed by atoms with Gasteiger partial charge < -0.3 is 11.1 Å². The van der Waals surface area contributed by atoms with Crippen LogP contribution >= 0.6 is 11.3 Å². The molecule has 0 amide bonds. The van der Waals surface area contributed by atoms with Gasteiger partial charge in [0.25, 0.3) is 0 Å². The number of nitrogens with two attached hydrogens (primary N) is 1. The number of piperidine rings is 1. The normalized spacial score (nSPS) is 23.4. The van der Waals surface area contributed by atoms with Gasteiger partial charge in [0.15, 0.2) is 5.13 Å². The molecule has 1 unspecified atom stereocenters. The molecule has 1 fully saturated rings. The number of rotatable bonds is 1. The van der Waals surface area contributed by atoms with E-state index in [1.165, 1.54) is 11.3 Å². The van der Waals surface area contributed by atoms with E-state index >= 15 is 0 Å². The molecule has 0 bridgehead atoms. The predicted octanol–water partition coefficient (Wildman–Crippen LogP) is 0.719. The highest BCUT2D eigenvalue weighted by atomic mass is 32.1. The highest BCUT2D eigenvalue weighted by Gasteiger charge is 2.21. The summed E-state index contributed by atoms with van der Waals surface area (Å²) in [5, 5.41) is 5.72. The van der Waals surface area contributed by atoms with Crippen molar-refractivity contribution in [3.05, 3.63) is 11.1 Å². The van der Waals surface area contributed by atoms with Gasteiger partial charge in [0.1, 0.15) is 5.78 Å².